The SMILES string of the molecule is N#Cc1ccc2c(c1)cc1n2CCC(=O)NC1. The Morgan fingerprint density at radius 2 is 2.24 bits per heavy atom. The summed E-state index contributed by atoms with van der Waals surface area (Å²) >= 11 is 0. The Kier molecular flexibility index (Phi) is 2.12. The van der Waals surface area contributed by atoms with Crippen molar-refractivity contribution >= 4 is 16.8 Å². The summed E-state index contributed by atoms with van der Waals surface area (Å²) in [4.78, 5) is 11.3. The van der Waals surface area contributed by atoms with Crippen LogP contribution in [0.1, 0.15) is 17.7 Å². The Balaban J connectivity index is 2.17. The number of aromatic nitrogens is 1. The van der Waals surface area contributed by atoms with E-state index in [0.29, 0.717) is 25.1 Å². The van der Waals surface area contributed by atoms with E-state index in [1.807, 2.05) is 24.3 Å². The number of rotatable bonds is 0. The Morgan fingerprint density at radius 1 is 1.35 bits per heavy atom. The number of nitrogens with one attached hydrogen (secondary N) is 1. The normalized spacial score (nSPS) is 14.9. The number of carbonyl (C=O) groups excluding carboxylic acids is 1. The molecule has 1 amide bonds. The van der Waals surface area contributed by atoms with Gasteiger partial charge < -0.3 is 9.88 Å². The number of fused-ring (bicyclic) bond motifs is 3. The number of carbonyl (C=O) groups is 1. The van der Waals surface area contributed by atoms with Crippen LogP contribution in [0.5, 0.6) is 0 Å². The van der Waals surface area contributed by atoms with E-state index in [0.717, 1.165) is 16.6 Å². The number of nitriles is 1. The lowest BCUT2D eigenvalue weighted by atomic mass is 10.2. The molecule has 4 nitrogen and oxygen atoms in total. The number of aryl methyl sites for hydroxylation is 1. The van der Waals surface area contributed by atoms with E-state index >= 15 is 0 Å². The molecule has 0 spiro atoms. The van der Waals surface area contributed by atoms with Crippen molar-refractivity contribution in [1.29, 1.82) is 5.26 Å². The molecule has 1 aliphatic heterocycles. The van der Waals surface area contributed by atoms with Crippen LogP contribution >= 0.6 is 0 Å². The Morgan fingerprint density at radius 3 is 3.06 bits per heavy atom. The smallest absolute Gasteiger partial charge is 0.222 e. The zero-order chi connectivity index (χ0) is 11.8. The highest BCUT2D eigenvalue weighted by Crippen LogP contribution is 2.22. The summed E-state index contributed by atoms with van der Waals surface area (Å²) in [7, 11) is 0. The molecule has 0 bridgehead atoms. The van der Waals surface area contributed by atoms with Crippen LogP contribution in [0.3, 0.4) is 0 Å². The molecule has 2 heterocycles. The van der Waals surface area contributed by atoms with Crippen molar-refractivity contribution in [2.75, 3.05) is 0 Å². The maximum atomic E-state index is 11.3. The Bertz CT molecular complexity index is 648. The molecule has 0 fully saturated rings. The van der Waals surface area contributed by atoms with Crippen molar-refractivity contribution in [3.8, 4) is 6.07 Å². The molecule has 0 unspecified atom stereocenters. The summed E-state index contributed by atoms with van der Waals surface area (Å²) in [6.07, 6.45) is 0.511. The van der Waals surface area contributed by atoms with Crippen LogP contribution in [0.4, 0.5) is 0 Å². The van der Waals surface area contributed by atoms with Gasteiger partial charge in [-0.3, -0.25) is 4.79 Å². The molecule has 1 aliphatic rings. The summed E-state index contributed by atoms with van der Waals surface area (Å²) < 4.78 is 2.15. The molecule has 3 rings (SSSR count). The highest BCUT2D eigenvalue weighted by atomic mass is 16.1. The second-order valence-corrected chi connectivity index (χ2v) is 4.20. The summed E-state index contributed by atoms with van der Waals surface area (Å²) in [5.74, 6) is 0.0931. The van der Waals surface area contributed by atoms with E-state index in [2.05, 4.69) is 16.0 Å². The Labute approximate surface area is 98.5 Å². The fourth-order valence-electron chi connectivity index (χ4n) is 2.30. The lowest BCUT2D eigenvalue weighted by Gasteiger charge is -2.04. The van der Waals surface area contributed by atoms with Crippen LogP contribution in [-0.2, 0) is 17.9 Å². The fourth-order valence-corrected chi connectivity index (χ4v) is 2.30. The minimum absolute atomic E-state index is 0.0931. The van der Waals surface area contributed by atoms with Crippen molar-refractivity contribution in [2.45, 2.75) is 19.5 Å². The molecular formula is C13H11N3O. The molecule has 17 heavy (non-hydrogen) atoms. The van der Waals surface area contributed by atoms with E-state index in [4.69, 9.17) is 5.26 Å². The lowest BCUT2D eigenvalue weighted by Crippen LogP contribution is -2.20. The van der Waals surface area contributed by atoms with E-state index in [1.54, 1.807) is 0 Å². The molecule has 2 aromatic rings. The summed E-state index contributed by atoms with van der Waals surface area (Å²) in [5, 5.41) is 12.8. The van der Waals surface area contributed by atoms with Crippen LogP contribution in [0.15, 0.2) is 24.3 Å². The average molecular weight is 225 g/mol. The van der Waals surface area contributed by atoms with Gasteiger partial charge in [-0.1, -0.05) is 0 Å². The summed E-state index contributed by atoms with van der Waals surface area (Å²) in [5.41, 5.74) is 2.86. The van der Waals surface area contributed by atoms with E-state index in [1.165, 1.54) is 0 Å². The molecule has 0 saturated carbocycles. The van der Waals surface area contributed by atoms with Crippen LogP contribution < -0.4 is 5.32 Å². The molecule has 0 saturated heterocycles. The number of amides is 1. The van der Waals surface area contributed by atoms with E-state index in [-0.39, 0.29) is 5.91 Å². The molecule has 1 aromatic carbocycles. The zero-order valence-corrected chi connectivity index (χ0v) is 9.23. The monoisotopic (exact) mass is 225 g/mol. The first-order chi connectivity index (χ1) is 8.28. The van der Waals surface area contributed by atoms with Crippen LogP contribution in [0.25, 0.3) is 10.9 Å². The van der Waals surface area contributed by atoms with Gasteiger partial charge in [-0.15, -0.1) is 0 Å². The largest absolute Gasteiger partial charge is 0.350 e. The van der Waals surface area contributed by atoms with E-state index < -0.39 is 0 Å². The van der Waals surface area contributed by atoms with Crippen molar-refractivity contribution in [3.63, 3.8) is 0 Å². The minimum Gasteiger partial charge on any atom is -0.350 e. The minimum atomic E-state index is 0.0931. The summed E-state index contributed by atoms with van der Waals surface area (Å²) in [6.45, 7) is 1.27. The highest BCUT2D eigenvalue weighted by molar-refractivity contribution is 5.84. The van der Waals surface area contributed by atoms with Gasteiger partial charge in [0.1, 0.15) is 0 Å². The highest BCUT2D eigenvalue weighted by Gasteiger charge is 2.14. The van der Waals surface area contributed by atoms with Gasteiger partial charge in [-0.25, -0.2) is 0 Å². The second kappa shape index (κ2) is 3.63. The molecular weight excluding hydrogens is 214 g/mol. The van der Waals surface area contributed by atoms with Crippen molar-refractivity contribution in [3.05, 3.63) is 35.5 Å². The van der Waals surface area contributed by atoms with Gasteiger partial charge in [0.25, 0.3) is 0 Å². The van der Waals surface area contributed by atoms with Crippen LogP contribution in [0.2, 0.25) is 0 Å². The number of hydrogen-bond donors (Lipinski definition) is 1. The van der Waals surface area contributed by atoms with Gasteiger partial charge in [0.05, 0.1) is 18.2 Å². The van der Waals surface area contributed by atoms with Gasteiger partial charge in [0.2, 0.25) is 5.91 Å². The van der Waals surface area contributed by atoms with Crippen molar-refractivity contribution in [1.82, 2.24) is 9.88 Å². The van der Waals surface area contributed by atoms with Crippen LogP contribution in [0, 0.1) is 11.3 Å². The van der Waals surface area contributed by atoms with Gasteiger partial charge >= 0.3 is 0 Å². The Hall–Kier alpha value is -2.28. The van der Waals surface area contributed by atoms with Gasteiger partial charge in [0.15, 0.2) is 0 Å². The summed E-state index contributed by atoms with van der Waals surface area (Å²) in [6, 6.07) is 9.84. The molecule has 0 aliphatic carbocycles. The third-order valence-electron chi connectivity index (χ3n) is 3.15. The fraction of sp³-hybridized carbons (Fsp3) is 0.231. The maximum absolute atomic E-state index is 11.3. The van der Waals surface area contributed by atoms with Gasteiger partial charge in [-0.05, 0) is 24.3 Å². The number of nitrogens with zero attached hydrogens (tertiary/aromatic N) is 2. The maximum Gasteiger partial charge on any atom is 0.222 e. The van der Waals surface area contributed by atoms with Crippen LogP contribution in [-0.4, -0.2) is 10.5 Å². The first-order valence-electron chi connectivity index (χ1n) is 5.57. The lowest BCUT2D eigenvalue weighted by molar-refractivity contribution is -0.121. The molecule has 0 radical (unpaired) electrons. The molecule has 4 heteroatoms. The second-order valence-electron chi connectivity index (χ2n) is 4.20. The zero-order valence-electron chi connectivity index (χ0n) is 9.23. The predicted molar refractivity (Wildman–Crippen MR) is 63.1 cm³/mol. The number of hydrogen-bond acceptors (Lipinski definition) is 2. The van der Waals surface area contributed by atoms with Gasteiger partial charge in [0, 0.05) is 29.6 Å². The molecule has 1 aromatic heterocycles. The molecule has 0 atom stereocenters. The number of benzene rings is 1. The first-order valence-corrected chi connectivity index (χ1v) is 5.57. The van der Waals surface area contributed by atoms with Crippen molar-refractivity contribution < 1.29 is 4.79 Å². The van der Waals surface area contributed by atoms with E-state index in [9.17, 15) is 4.79 Å². The average Bonchev–Trinajstić information content (AvgIpc) is 2.60. The topological polar surface area (TPSA) is 57.8 Å². The third-order valence-corrected chi connectivity index (χ3v) is 3.15. The third kappa shape index (κ3) is 1.56. The predicted octanol–water partition coefficient (Wildman–Crippen LogP) is 1.53. The standard InChI is InChI=1S/C13H11N3O/c14-7-9-1-2-12-10(5-9)6-11-8-15-13(17)3-4-16(11)12/h1-2,5-6H,3-4,8H2,(H,15,17). The molecule has 84 valence electrons. The molecule has 1 N–H and O–H groups in total. The van der Waals surface area contributed by atoms with Crippen molar-refractivity contribution in [2.24, 2.45) is 0 Å². The quantitative estimate of drug-likeness (QED) is 0.739. The van der Waals surface area contributed by atoms with Gasteiger partial charge in [-0.2, -0.15) is 5.26 Å². The first kappa shape index (κ1) is 9.91.